The topological polar surface area (TPSA) is 136 Å². The Morgan fingerprint density at radius 3 is 2.22 bits per heavy atom. The Bertz CT molecular complexity index is 1590. The van der Waals surface area contributed by atoms with Crippen LogP contribution in [0.5, 0.6) is 5.75 Å². The van der Waals surface area contributed by atoms with Crippen molar-refractivity contribution in [2.75, 3.05) is 19.5 Å². The van der Waals surface area contributed by atoms with Crippen molar-refractivity contribution < 1.29 is 37.4 Å². The van der Waals surface area contributed by atoms with Gasteiger partial charge in [0, 0.05) is 19.9 Å². The number of carbonyl (C=O) groups is 3. The summed E-state index contributed by atoms with van der Waals surface area (Å²) in [6, 6.07) is 8.57. The first-order chi connectivity index (χ1) is 21.3. The van der Waals surface area contributed by atoms with Crippen molar-refractivity contribution >= 4 is 43.1 Å². The highest BCUT2D eigenvalue weighted by Gasteiger charge is 2.52. The number of fused-ring (bicyclic) bond motifs is 1. The summed E-state index contributed by atoms with van der Waals surface area (Å²) < 4.78 is 41.7. The van der Waals surface area contributed by atoms with Gasteiger partial charge in [-0.3, -0.25) is 9.59 Å². The maximum absolute atomic E-state index is 14.6. The van der Waals surface area contributed by atoms with Crippen molar-refractivity contribution in [3.8, 4) is 5.75 Å². The SMILES string of the molecule is COc1ccc(C2(C(=O)N(C)[C@@H](C(=O)Nc3ccc4c(cnn4C(=O)O)n3)[C@@H](C)O[Si](C)(C)C(C)(C)C)CCC(F)(F)CC2)cc1. The first-order valence-corrected chi connectivity index (χ1v) is 18.1. The predicted octanol–water partition coefficient (Wildman–Crippen LogP) is 6.29. The predicted molar refractivity (Wildman–Crippen MR) is 172 cm³/mol. The van der Waals surface area contributed by atoms with Gasteiger partial charge in [-0.1, -0.05) is 32.9 Å². The minimum absolute atomic E-state index is 0.104. The van der Waals surface area contributed by atoms with Gasteiger partial charge >= 0.3 is 6.09 Å². The van der Waals surface area contributed by atoms with E-state index in [-0.39, 0.29) is 34.7 Å². The average molecular weight is 660 g/mol. The fourth-order valence-electron chi connectivity index (χ4n) is 5.79. The minimum Gasteiger partial charge on any atom is -0.497 e. The number of hydrogen-bond donors (Lipinski definition) is 2. The number of ether oxygens (including phenoxy) is 1. The number of anilines is 1. The highest BCUT2D eigenvalue weighted by molar-refractivity contribution is 6.74. The van der Waals surface area contributed by atoms with Crippen LogP contribution in [-0.2, 0) is 19.4 Å². The van der Waals surface area contributed by atoms with Gasteiger partial charge in [-0.2, -0.15) is 9.78 Å². The van der Waals surface area contributed by atoms with Gasteiger partial charge in [0.2, 0.25) is 11.8 Å². The Hall–Kier alpha value is -3.91. The molecular formula is C32H43F2N5O6Si. The number of carbonyl (C=O) groups excluding carboxylic acids is 2. The lowest BCUT2D eigenvalue weighted by Gasteiger charge is -2.45. The van der Waals surface area contributed by atoms with Crippen LogP contribution < -0.4 is 10.1 Å². The third-order valence-corrected chi connectivity index (χ3v) is 14.1. The van der Waals surface area contributed by atoms with Gasteiger partial charge in [0.25, 0.3) is 5.91 Å². The van der Waals surface area contributed by atoms with Gasteiger partial charge in [-0.05, 0) is 67.7 Å². The van der Waals surface area contributed by atoms with E-state index in [9.17, 15) is 28.3 Å². The van der Waals surface area contributed by atoms with Crippen molar-refractivity contribution in [1.29, 1.82) is 0 Å². The summed E-state index contributed by atoms with van der Waals surface area (Å²) in [5, 5.41) is 15.7. The van der Waals surface area contributed by atoms with Crippen LogP contribution in [0.2, 0.25) is 18.1 Å². The lowest BCUT2D eigenvalue weighted by atomic mass is 9.67. The molecule has 3 aromatic rings. The second kappa shape index (κ2) is 12.7. The molecule has 0 aliphatic heterocycles. The van der Waals surface area contributed by atoms with E-state index in [2.05, 4.69) is 36.2 Å². The first-order valence-electron chi connectivity index (χ1n) is 15.2. The number of carboxylic acid groups (broad SMARTS) is 1. The Morgan fingerprint density at radius 1 is 1.07 bits per heavy atom. The molecule has 2 N–H and O–H groups in total. The molecule has 0 spiro atoms. The third kappa shape index (κ3) is 6.92. The summed E-state index contributed by atoms with van der Waals surface area (Å²) in [5.74, 6) is -3.28. The van der Waals surface area contributed by atoms with E-state index in [0.29, 0.717) is 11.3 Å². The number of rotatable bonds is 9. The number of methoxy groups -OCH3 is 1. The first kappa shape index (κ1) is 35.0. The number of halogens is 2. The molecule has 2 heterocycles. The number of alkyl halides is 2. The number of nitrogens with one attached hydrogen (secondary N) is 1. The number of aromatic nitrogens is 3. The van der Waals surface area contributed by atoms with Crippen LogP contribution in [-0.4, -0.2) is 83.2 Å². The molecule has 11 nitrogen and oxygen atoms in total. The normalized spacial score (nSPS) is 17.6. The lowest BCUT2D eigenvalue weighted by Crippen LogP contribution is -2.59. The quantitative estimate of drug-likeness (QED) is 0.256. The Labute approximate surface area is 268 Å². The number of benzene rings is 1. The standard InChI is InChI=1S/C32H43F2N5O6Si/c1-20(45-46(7,8)30(2,3)4)26(27(40)37-25-14-13-24-23(36-25)19-35-39(24)29(42)43)38(5)28(41)31(15-17-32(33,34)18-16-31)21-9-11-22(44-6)12-10-21/h9-14,19-20,26H,15-18H2,1-8H3,(H,42,43)(H,36,37,40)/t20-,26-/m1/s1. The zero-order valence-electron chi connectivity index (χ0n) is 27.6. The van der Waals surface area contributed by atoms with E-state index < -0.39 is 62.5 Å². The third-order valence-electron chi connectivity index (χ3n) is 9.48. The molecule has 1 aliphatic carbocycles. The fourth-order valence-corrected chi connectivity index (χ4v) is 7.20. The molecule has 1 saturated carbocycles. The zero-order valence-corrected chi connectivity index (χ0v) is 28.6. The molecule has 4 rings (SSSR count). The Morgan fingerprint density at radius 2 is 1.67 bits per heavy atom. The Balaban J connectivity index is 1.73. The van der Waals surface area contributed by atoms with Crippen molar-refractivity contribution in [2.24, 2.45) is 0 Å². The maximum atomic E-state index is 14.6. The van der Waals surface area contributed by atoms with E-state index in [1.54, 1.807) is 31.2 Å². The summed E-state index contributed by atoms with van der Waals surface area (Å²) in [5.41, 5.74) is -0.256. The van der Waals surface area contributed by atoms with Crippen LogP contribution in [0.1, 0.15) is 58.9 Å². The molecule has 0 saturated heterocycles. The van der Waals surface area contributed by atoms with Crippen LogP contribution >= 0.6 is 0 Å². The van der Waals surface area contributed by atoms with E-state index in [1.807, 2.05) is 13.1 Å². The molecule has 0 unspecified atom stereocenters. The van der Waals surface area contributed by atoms with Crippen LogP contribution in [0.3, 0.4) is 0 Å². The van der Waals surface area contributed by atoms with Gasteiger partial charge < -0.3 is 24.5 Å². The fraction of sp³-hybridized carbons (Fsp3) is 0.531. The average Bonchev–Trinajstić information content (AvgIpc) is 3.40. The molecule has 1 fully saturated rings. The van der Waals surface area contributed by atoms with Gasteiger partial charge in [-0.15, -0.1) is 0 Å². The van der Waals surface area contributed by atoms with Crippen LogP contribution in [0.15, 0.2) is 42.6 Å². The van der Waals surface area contributed by atoms with Crippen LogP contribution in [0, 0.1) is 0 Å². The number of hydrogen-bond acceptors (Lipinski definition) is 7. The molecule has 14 heteroatoms. The van der Waals surface area contributed by atoms with Gasteiger partial charge in [-0.25, -0.2) is 18.6 Å². The number of amides is 2. The van der Waals surface area contributed by atoms with Gasteiger partial charge in [0.15, 0.2) is 8.32 Å². The van der Waals surface area contributed by atoms with Gasteiger partial charge in [0.05, 0.1) is 30.3 Å². The highest BCUT2D eigenvalue weighted by atomic mass is 28.4. The van der Waals surface area contributed by atoms with Crippen molar-refractivity contribution in [2.45, 2.75) is 95.0 Å². The Kier molecular flexibility index (Phi) is 9.65. The number of nitrogens with zero attached hydrogens (tertiary/aromatic N) is 4. The van der Waals surface area contributed by atoms with E-state index in [0.717, 1.165) is 4.68 Å². The monoisotopic (exact) mass is 659 g/mol. The minimum atomic E-state index is -2.90. The van der Waals surface area contributed by atoms with E-state index in [1.165, 1.54) is 37.4 Å². The number of pyridine rings is 1. The smallest absolute Gasteiger partial charge is 0.432 e. The summed E-state index contributed by atoms with van der Waals surface area (Å²) in [7, 11) is 0.561. The largest absolute Gasteiger partial charge is 0.497 e. The lowest BCUT2D eigenvalue weighted by molar-refractivity contribution is -0.149. The van der Waals surface area contributed by atoms with Crippen molar-refractivity contribution in [1.82, 2.24) is 19.7 Å². The highest BCUT2D eigenvalue weighted by Crippen LogP contribution is 2.47. The molecule has 2 atom stereocenters. The van der Waals surface area contributed by atoms with Crippen molar-refractivity contribution in [3.05, 3.63) is 48.2 Å². The molecule has 2 aromatic heterocycles. The molecule has 0 bridgehead atoms. The van der Waals surface area contributed by atoms with Crippen LogP contribution in [0.4, 0.5) is 19.4 Å². The summed E-state index contributed by atoms with van der Waals surface area (Å²) in [6.07, 6.45) is -1.95. The number of likely N-dealkylation sites (N-methyl/N-ethyl adjacent to an activating group) is 1. The van der Waals surface area contributed by atoms with Gasteiger partial charge in [0.1, 0.15) is 23.1 Å². The molecule has 250 valence electrons. The summed E-state index contributed by atoms with van der Waals surface area (Å²) in [6.45, 7) is 12.0. The molecule has 0 radical (unpaired) electrons. The molecule has 1 aromatic carbocycles. The van der Waals surface area contributed by atoms with E-state index >= 15 is 0 Å². The molecule has 2 amide bonds. The second-order valence-corrected chi connectivity index (χ2v) is 18.3. The maximum Gasteiger partial charge on any atom is 0.432 e. The van der Waals surface area contributed by atoms with Crippen molar-refractivity contribution in [3.63, 3.8) is 0 Å². The summed E-state index contributed by atoms with van der Waals surface area (Å²) in [4.78, 5) is 45.9. The molecular weight excluding hydrogens is 616 g/mol. The molecule has 1 aliphatic rings. The van der Waals surface area contributed by atoms with Crippen LogP contribution in [0.25, 0.3) is 11.0 Å². The zero-order chi connectivity index (χ0) is 34.2. The molecule has 46 heavy (non-hydrogen) atoms. The van der Waals surface area contributed by atoms with E-state index in [4.69, 9.17) is 9.16 Å². The summed E-state index contributed by atoms with van der Waals surface area (Å²) >= 11 is 0. The second-order valence-electron chi connectivity index (χ2n) is 13.5.